The van der Waals surface area contributed by atoms with Crippen LogP contribution in [-0.4, -0.2) is 37.0 Å². The molecule has 0 unspecified atom stereocenters. The van der Waals surface area contributed by atoms with Crippen molar-refractivity contribution in [2.45, 2.75) is 46.0 Å². The maximum atomic E-state index is 12.6. The van der Waals surface area contributed by atoms with Gasteiger partial charge in [0.15, 0.2) is 0 Å². The van der Waals surface area contributed by atoms with Crippen molar-refractivity contribution in [3.05, 3.63) is 29.3 Å². The number of nitrogens with zero attached hydrogens (tertiary/aromatic N) is 1. The van der Waals surface area contributed by atoms with Crippen LogP contribution in [0.4, 0.5) is 10.5 Å². The van der Waals surface area contributed by atoms with Gasteiger partial charge in [-0.25, -0.2) is 4.79 Å². The molecule has 5 heteroatoms. The van der Waals surface area contributed by atoms with Crippen LogP contribution in [-0.2, 0) is 0 Å². The van der Waals surface area contributed by atoms with Gasteiger partial charge in [0.1, 0.15) is 0 Å². The number of hydrogen-bond acceptors (Lipinski definition) is 2. The number of anilines is 1. The van der Waals surface area contributed by atoms with E-state index in [9.17, 15) is 9.59 Å². The summed E-state index contributed by atoms with van der Waals surface area (Å²) < 4.78 is 0. The molecule has 24 heavy (non-hydrogen) atoms. The summed E-state index contributed by atoms with van der Waals surface area (Å²) in [4.78, 5) is 26.4. The highest BCUT2D eigenvalue weighted by molar-refractivity contribution is 5.98. The fourth-order valence-corrected chi connectivity index (χ4v) is 3.41. The van der Waals surface area contributed by atoms with Crippen LogP contribution in [0.15, 0.2) is 18.2 Å². The first-order valence-corrected chi connectivity index (χ1v) is 8.94. The summed E-state index contributed by atoms with van der Waals surface area (Å²) in [6, 6.07) is 5.35. The zero-order valence-electron chi connectivity index (χ0n) is 15.0. The Balaban J connectivity index is 2.03. The van der Waals surface area contributed by atoms with Crippen LogP contribution in [0.3, 0.4) is 0 Å². The highest BCUT2D eigenvalue weighted by atomic mass is 16.2. The highest BCUT2D eigenvalue weighted by Crippen LogP contribution is 2.23. The van der Waals surface area contributed by atoms with Crippen LogP contribution in [0.25, 0.3) is 0 Å². The third kappa shape index (κ3) is 4.49. The van der Waals surface area contributed by atoms with Crippen molar-refractivity contribution in [1.82, 2.24) is 10.2 Å². The molecule has 2 N–H and O–H groups in total. The van der Waals surface area contributed by atoms with Gasteiger partial charge < -0.3 is 15.5 Å². The standard InChI is InChI=1S/C19H29N3O2/c1-4-7-15-8-6-12-22(13-11-15)19(24)21-17-10-5-9-16(14(17)2)18(23)20-3/h5,9-10,15H,4,6-8,11-13H2,1-3H3,(H,20,23)(H,21,24)/t15-/m1/s1. The van der Waals surface area contributed by atoms with Crippen molar-refractivity contribution >= 4 is 17.6 Å². The van der Waals surface area contributed by atoms with Crippen molar-refractivity contribution in [3.63, 3.8) is 0 Å². The van der Waals surface area contributed by atoms with Crippen LogP contribution in [0.2, 0.25) is 0 Å². The summed E-state index contributed by atoms with van der Waals surface area (Å²) in [7, 11) is 1.61. The average Bonchev–Trinajstić information content (AvgIpc) is 2.82. The molecule has 0 aliphatic carbocycles. The van der Waals surface area contributed by atoms with Crippen molar-refractivity contribution in [3.8, 4) is 0 Å². The summed E-state index contributed by atoms with van der Waals surface area (Å²) in [5.74, 6) is 0.604. The summed E-state index contributed by atoms with van der Waals surface area (Å²) >= 11 is 0. The van der Waals surface area contributed by atoms with Gasteiger partial charge in [0.2, 0.25) is 0 Å². The molecule has 1 aliphatic rings. The van der Waals surface area contributed by atoms with Gasteiger partial charge in [-0.05, 0) is 49.8 Å². The first-order chi connectivity index (χ1) is 11.6. The van der Waals surface area contributed by atoms with Crippen LogP contribution >= 0.6 is 0 Å². The van der Waals surface area contributed by atoms with Gasteiger partial charge in [0.05, 0.1) is 0 Å². The van der Waals surface area contributed by atoms with Crippen molar-refractivity contribution in [2.75, 3.05) is 25.5 Å². The molecule has 0 aromatic heterocycles. The number of nitrogens with one attached hydrogen (secondary N) is 2. The molecule has 1 fully saturated rings. The molecule has 1 heterocycles. The highest BCUT2D eigenvalue weighted by Gasteiger charge is 2.21. The fourth-order valence-electron chi connectivity index (χ4n) is 3.41. The Morgan fingerprint density at radius 3 is 2.75 bits per heavy atom. The lowest BCUT2D eigenvalue weighted by Crippen LogP contribution is -2.36. The molecule has 0 saturated carbocycles. The third-order valence-electron chi connectivity index (χ3n) is 4.88. The van der Waals surface area contributed by atoms with Crippen molar-refractivity contribution < 1.29 is 9.59 Å². The molecule has 1 aliphatic heterocycles. The second kappa shape index (κ2) is 8.71. The van der Waals surface area contributed by atoms with E-state index in [0.29, 0.717) is 11.3 Å². The Bertz CT molecular complexity index is 586. The Morgan fingerprint density at radius 2 is 2.04 bits per heavy atom. The Kier molecular flexibility index (Phi) is 6.64. The van der Waals surface area contributed by atoms with E-state index in [1.807, 2.05) is 17.9 Å². The van der Waals surface area contributed by atoms with Crippen molar-refractivity contribution in [1.29, 1.82) is 0 Å². The molecular formula is C19H29N3O2. The fraction of sp³-hybridized carbons (Fsp3) is 0.579. The first kappa shape index (κ1) is 18.3. The van der Waals surface area contributed by atoms with Crippen LogP contribution in [0, 0.1) is 12.8 Å². The van der Waals surface area contributed by atoms with Gasteiger partial charge in [-0.3, -0.25) is 4.79 Å². The molecule has 0 spiro atoms. The number of benzene rings is 1. The van der Waals surface area contributed by atoms with E-state index in [-0.39, 0.29) is 11.9 Å². The molecule has 5 nitrogen and oxygen atoms in total. The predicted molar refractivity (Wildman–Crippen MR) is 97.4 cm³/mol. The van der Waals surface area contributed by atoms with E-state index in [1.165, 1.54) is 19.3 Å². The minimum Gasteiger partial charge on any atom is -0.355 e. The molecule has 2 rings (SSSR count). The molecular weight excluding hydrogens is 302 g/mol. The number of amides is 3. The third-order valence-corrected chi connectivity index (χ3v) is 4.88. The second-order valence-electron chi connectivity index (χ2n) is 6.56. The Morgan fingerprint density at radius 1 is 1.25 bits per heavy atom. The smallest absolute Gasteiger partial charge is 0.321 e. The first-order valence-electron chi connectivity index (χ1n) is 8.94. The maximum absolute atomic E-state index is 12.6. The molecule has 1 atom stereocenters. The van der Waals surface area contributed by atoms with E-state index in [0.717, 1.165) is 37.4 Å². The SMILES string of the molecule is CCC[C@@H]1CCCN(C(=O)Nc2cccc(C(=O)NC)c2C)CC1. The topological polar surface area (TPSA) is 61.4 Å². The van der Waals surface area contributed by atoms with Gasteiger partial charge in [-0.2, -0.15) is 0 Å². The molecule has 0 bridgehead atoms. The zero-order valence-corrected chi connectivity index (χ0v) is 15.0. The molecule has 1 aromatic carbocycles. The van der Waals surface area contributed by atoms with E-state index in [2.05, 4.69) is 17.6 Å². The van der Waals surface area contributed by atoms with E-state index >= 15 is 0 Å². The molecule has 0 radical (unpaired) electrons. The lowest BCUT2D eigenvalue weighted by atomic mass is 9.96. The van der Waals surface area contributed by atoms with Crippen molar-refractivity contribution in [2.24, 2.45) is 5.92 Å². The van der Waals surface area contributed by atoms with Crippen LogP contribution < -0.4 is 10.6 Å². The van der Waals surface area contributed by atoms with Gasteiger partial charge in [-0.1, -0.05) is 25.8 Å². The van der Waals surface area contributed by atoms with E-state index < -0.39 is 0 Å². The summed E-state index contributed by atoms with van der Waals surface area (Å²) in [6.45, 7) is 5.70. The quantitative estimate of drug-likeness (QED) is 0.882. The summed E-state index contributed by atoms with van der Waals surface area (Å²) in [5, 5.41) is 5.61. The lowest BCUT2D eigenvalue weighted by molar-refractivity contribution is 0.0962. The second-order valence-corrected chi connectivity index (χ2v) is 6.56. The van der Waals surface area contributed by atoms with Gasteiger partial charge in [0, 0.05) is 31.4 Å². The minimum atomic E-state index is -0.138. The normalized spacial score (nSPS) is 18.0. The maximum Gasteiger partial charge on any atom is 0.321 e. The molecule has 1 aromatic rings. The molecule has 132 valence electrons. The van der Waals surface area contributed by atoms with Crippen LogP contribution in [0.1, 0.15) is 54.9 Å². The van der Waals surface area contributed by atoms with E-state index in [4.69, 9.17) is 0 Å². The Labute approximate surface area is 144 Å². The number of urea groups is 1. The zero-order chi connectivity index (χ0) is 17.5. The number of carbonyl (C=O) groups is 2. The average molecular weight is 331 g/mol. The summed E-state index contributed by atoms with van der Waals surface area (Å²) in [6.07, 6.45) is 5.82. The van der Waals surface area contributed by atoms with Crippen LogP contribution in [0.5, 0.6) is 0 Å². The molecule has 1 saturated heterocycles. The Hall–Kier alpha value is -2.04. The van der Waals surface area contributed by atoms with Gasteiger partial charge in [-0.15, -0.1) is 0 Å². The van der Waals surface area contributed by atoms with Gasteiger partial charge >= 0.3 is 6.03 Å². The monoisotopic (exact) mass is 331 g/mol. The largest absolute Gasteiger partial charge is 0.355 e. The lowest BCUT2D eigenvalue weighted by Gasteiger charge is -2.22. The number of hydrogen-bond donors (Lipinski definition) is 2. The number of likely N-dealkylation sites (tertiary alicyclic amines) is 1. The van der Waals surface area contributed by atoms with E-state index in [1.54, 1.807) is 19.2 Å². The minimum absolute atomic E-state index is 0.0655. The molecule has 3 amide bonds. The predicted octanol–water partition coefficient (Wildman–Crippen LogP) is 3.79. The number of rotatable bonds is 4. The van der Waals surface area contributed by atoms with Gasteiger partial charge in [0.25, 0.3) is 5.91 Å². The number of carbonyl (C=O) groups excluding carboxylic acids is 2. The summed E-state index contributed by atoms with van der Waals surface area (Å²) in [5.41, 5.74) is 2.09.